The molecule has 1 fully saturated rings. The van der Waals surface area contributed by atoms with E-state index in [2.05, 4.69) is 56.1 Å². The molecule has 88 valence electrons. The van der Waals surface area contributed by atoms with Crippen molar-refractivity contribution < 1.29 is 0 Å². The number of hydrogen-bond acceptors (Lipinski definition) is 0. The smallest absolute Gasteiger partial charge is 0.0178 e. The van der Waals surface area contributed by atoms with E-state index in [9.17, 15) is 0 Å². The van der Waals surface area contributed by atoms with E-state index in [0.717, 1.165) is 11.2 Å². The third kappa shape index (κ3) is 3.10. The van der Waals surface area contributed by atoms with Crippen LogP contribution in [0.4, 0.5) is 0 Å². The lowest BCUT2D eigenvalue weighted by atomic mass is 9.78. The summed E-state index contributed by atoms with van der Waals surface area (Å²) in [5.41, 5.74) is 1.48. The van der Waals surface area contributed by atoms with Gasteiger partial charge in [0.05, 0.1) is 0 Å². The zero-order valence-electron chi connectivity index (χ0n) is 9.46. The zero-order valence-corrected chi connectivity index (χ0v) is 12.6. The summed E-state index contributed by atoms with van der Waals surface area (Å²) in [4.78, 5) is 0. The fraction of sp³-hybridized carbons (Fsp3) is 0.571. The van der Waals surface area contributed by atoms with E-state index in [0.29, 0.717) is 5.92 Å². The SMILES string of the molecule is BrCC(c1cccc(Br)c1)C1CCCCC1. The molecule has 0 spiro atoms. The third-order valence-corrected chi connectivity index (χ3v) is 4.85. The Balaban J connectivity index is 2.14. The van der Waals surface area contributed by atoms with Gasteiger partial charge in [0.25, 0.3) is 0 Å². The van der Waals surface area contributed by atoms with Crippen LogP contribution in [0.1, 0.15) is 43.6 Å². The van der Waals surface area contributed by atoms with Crippen LogP contribution >= 0.6 is 31.9 Å². The summed E-state index contributed by atoms with van der Waals surface area (Å²) in [6.07, 6.45) is 7.08. The lowest BCUT2D eigenvalue weighted by molar-refractivity contribution is 0.319. The number of benzene rings is 1. The van der Waals surface area contributed by atoms with Crippen molar-refractivity contribution in [2.24, 2.45) is 5.92 Å². The van der Waals surface area contributed by atoms with Gasteiger partial charge in [-0.15, -0.1) is 0 Å². The van der Waals surface area contributed by atoms with E-state index < -0.39 is 0 Å². The normalized spacial score (nSPS) is 19.6. The van der Waals surface area contributed by atoms with E-state index in [-0.39, 0.29) is 0 Å². The molecular formula is C14H18Br2. The van der Waals surface area contributed by atoms with Crippen molar-refractivity contribution in [3.63, 3.8) is 0 Å². The zero-order chi connectivity index (χ0) is 11.4. The third-order valence-electron chi connectivity index (χ3n) is 3.66. The van der Waals surface area contributed by atoms with Gasteiger partial charge in [-0.25, -0.2) is 0 Å². The monoisotopic (exact) mass is 344 g/mol. The first-order valence-corrected chi connectivity index (χ1v) is 8.04. The number of rotatable bonds is 3. The fourth-order valence-corrected chi connectivity index (χ4v) is 4.08. The maximum absolute atomic E-state index is 3.70. The van der Waals surface area contributed by atoms with Crippen molar-refractivity contribution >= 4 is 31.9 Å². The Morgan fingerprint density at radius 1 is 1.19 bits per heavy atom. The summed E-state index contributed by atoms with van der Waals surface area (Å²) in [6, 6.07) is 8.80. The summed E-state index contributed by atoms with van der Waals surface area (Å²) in [5, 5.41) is 1.09. The Morgan fingerprint density at radius 2 is 1.94 bits per heavy atom. The standard InChI is InChI=1S/C14H18Br2/c15-10-14(11-5-2-1-3-6-11)12-7-4-8-13(16)9-12/h4,7-9,11,14H,1-3,5-6,10H2. The molecule has 1 aromatic rings. The van der Waals surface area contributed by atoms with Crippen LogP contribution in [0.5, 0.6) is 0 Å². The molecule has 0 radical (unpaired) electrons. The first-order valence-electron chi connectivity index (χ1n) is 6.12. The highest BCUT2D eigenvalue weighted by Gasteiger charge is 2.24. The molecular weight excluding hydrogens is 328 g/mol. The van der Waals surface area contributed by atoms with Crippen molar-refractivity contribution in [1.29, 1.82) is 0 Å². The Hall–Kier alpha value is 0.180. The van der Waals surface area contributed by atoms with Crippen molar-refractivity contribution in [2.75, 3.05) is 5.33 Å². The summed E-state index contributed by atoms with van der Waals surface area (Å²) >= 11 is 7.27. The largest absolute Gasteiger partial charge is 0.0921 e. The maximum Gasteiger partial charge on any atom is 0.0178 e. The van der Waals surface area contributed by atoms with Crippen molar-refractivity contribution in [3.8, 4) is 0 Å². The summed E-state index contributed by atoms with van der Waals surface area (Å²) in [6.45, 7) is 0. The molecule has 1 aromatic carbocycles. The van der Waals surface area contributed by atoms with Gasteiger partial charge in [-0.05, 0) is 42.4 Å². The molecule has 0 aromatic heterocycles. The van der Waals surface area contributed by atoms with Gasteiger partial charge >= 0.3 is 0 Å². The van der Waals surface area contributed by atoms with Gasteiger partial charge in [-0.2, -0.15) is 0 Å². The molecule has 1 aliphatic rings. The van der Waals surface area contributed by atoms with Crippen LogP contribution < -0.4 is 0 Å². The molecule has 1 unspecified atom stereocenters. The summed E-state index contributed by atoms with van der Waals surface area (Å²) in [7, 11) is 0. The van der Waals surface area contributed by atoms with Gasteiger partial charge in [0.1, 0.15) is 0 Å². The molecule has 0 amide bonds. The number of halogens is 2. The summed E-state index contributed by atoms with van der Waals surface area (Å²) in [5.74, 6) is 1.57. The predicted molar refractivity (Wildman–Crippen MR) is 77.3 cm³/mol. The average molecular weight is 346 g/mol. The Labute approximate surface area is 115 Å². The van der Waals surface area contributed by atoms with Crippen LogP contribution in [0, 0.1) is 5.92 Å². The Kier molecular flexibility index (Phi) is 4.90. The highest BCUT2D eigenvalue weighted by molar-refractivity contribution is 9.10. The van der Waals surface area contributed by atoms with Gasteiger partial charge in [-0.3, -0.25) is 0 Å². The van der Waals surface area contributed by atoms with E-state index in [1.165, 1.54) is 42.1 Å². The van der Waals surface area contributed by atoms with Crippen LogP contribution in [0.2, 0.25) is 0 Å². The second-order valence-corrected chi connectivity index (χ2v) is 6.28. The molecule has 0 nitrogen and oxygen atoms in total. The molecule has 0 bridgehead atoms. The van der Waals surface area contributed by atoms with Gasteiger partial charge < -0.3 is 0 Å². The number of alkyl halides is 1. The molecule has 1 aliphatic carbocycles. The minimum absolute atomic E-state index is 0.692. The van der Waals surface area contributed by atoms with Crippen LogP contribution in [0.3, 0.4) is 0 Å². The van der Waals surface area contributed by atoms with Crippen molar-refractivity contribution in [1.82, 2.24) is 0 Å². The molecule has 0 N–H and O–H groups in total. The Morgan fingerprint density at radius 3 is 2.56 bits per heavy atom. The topological polar surface area (TPSA) is 0 Å². The fourth-order valence-electron chi connectivity index (χ4n) is 2.76. The minimum atomic E-state index is 0.692. The van der Waals surface area contributed by atoms with Crippen LogP contribution in [-0.2, 0) is 0 Å². The average Bonchev–Trinajstić information content (AvgIpc) is 2.31. The van der Waals surface area contributed by atoms with E-state index in [4.69, 9.17) is 0 Å². The maximum atomic E-state index is 3.70. The lowest BCUT2D eigenvalue weighted by Gasteiger charge is -2.29. The molecule has 1 atom stereocenters. The molecule has 0 aliphatic heterocycles. The van der Waals surface area contributed by atoms with Gasteiger partial charge in [0.2, 0.25) is 0 Å². The highest BCUT2D eigenvalue weighted by atomic mass is 79.9. The van der Waals surface area contributed by atoms with Crippen molar-refractivity contribution in [3.05, 3.63) is 34.3 Å². The second-order valence-electron chi connectivity index (χ2n) is 4.71. The molecule has 16 heavy (non-hydrogen) atoms. The van der Waals surface area contributed by atoms with Crippen LogP contribution in [0.15, 0.2) is 28.7 Å². The van der Waals surface area contributed by atoms with E-state index >= 15 is 0 Å². The predicted octanol–water partition coefficient (Wildman–Crippen LogP) is 5.51. The van der Waals surface area contributed by atoms with Crippen LogP contribution in [-0.4, -0.2) is 5.33 Å². The van der Waals surface area contributed by atoms with E-state index in [1.54, 1.807) is 0 Å². The molecule has 2 heteroatoms. The molecule has 0 heterocycles. The minimum Gasteiger partial charge on any atom is -0.0921 e. The first-order chi connectivity index (χ1) is 7.81. The molecule has 1 saturated carbocycles. The molecule has 2 rings (SSSR count). The van der Waals surface area contributed by atoms with Gasteiger partial charge in [-0.1, -0.05) is 63.3 Å². The van der Waals surface area contributed by atoms with Gasteiger partial charge in [0, 0.05) is 9.80 Å². The van der Waals surface area contributed by atoms with Crippen LogP contribution in [0.25, 0.3) is 0 Å². The second kappa shape index (κ2) is 6.20. The molecule has 0 saturated heterocycles. The number of hydrogen-bond donors (Lipinski definition) is 0. The quantitative estimate of drug-likeness (QED) is 0.634. The Bertz CT molecular complexity index is 329. The summed E-state index contributed by atoms with van der Waals surface area (Å²) < 4.78 is 1.20. The van der Waals surface area contributed by atoms with Gasteiger partial charge in [0.15, 0.2) is 0 Å². The van der Waals surface area contributed by atoms with Crippen molar-refractivity contribution in [2.45, 2.75) is 38.0 Å². The highest BCUT2D eigenvalue weighted by Crippen LogP contribution is 2.37. The lowest BCUT2D eigenvalue weighted by Crippen LogP contribution is -2.17. The van der Waals surface area contributed by atoms with E-state index in [1.807, 2.05) is 0 Å². The first kappa shape index (κ1) is 12.6.